The predicted octanol–water partition coefficient (Wildman–Crippen LogP) is 0.680. The standard InChI is InChI=1S/C10H14N2O2/c1-7-4-8(6-14-7)10(13)12-9-2-3-11-5-9/h4,6,9,11H,2-3,5H2,1H3,(H,12,13)/t9-/m0/s1. The van der Waals surface area contributed by atoms with Gasteiger partial charge in [-0.1, -0.05) is 0 Å². The molecule has 0 aliphatic carbocycles. The van der Waals surface area contributed by atoms with Gasteiger partial charge in [0.1, 0.15) is 12.0 Å². The fourth-order valence-corrected chi connectivity index (χ4v) is 1.61. The van der Waals surface area contributed by atoms with Gasteiger partial charge in [0, 0.05) is 12.6 Å². The number of hydrogen-bond donors (Lipinski definition) is 2. The lowest BCUT2D eigenvalue weighted by Crippen LogP contribution is -2.35. The SMILES string of the molecule is Cc1cc(C(=O)N[C@H]2CCNC2)co1. The van der Waals surface area contributed by atoms with Crippen molar-refractivity contribution in [1.82, 2.24) is 10.6 Å². The quantitative estimate of drug-likeness (QED) is 0.728. The fourth-order valence-electron chi connectivity index (χ4n) is 1.61. The van der Waals surface area contributed by atoms with E-state index < -0.39 is 0 Å². The number of rotatable bonds is 2. The molecule has 2 heterocycles. The summed E-state index contributed by atoms with van der Waals surface area (Å²) >= 11 is 0. The normalized spacial score (nSPS) is 21.1. The molecule has 0 bridgehead atoms. The molecule has 1 aliphatic heterocycles. The van der Waals surface area contributed by atoms with Gasteiger partial charge in [0.25, 0.3) is 5.91 Å². The first-order valence-electron chi connectivity index (χ1n) is 4.82. The lowest BCUT2D eigenvalue weighted by Gasteiger charge is -2.09. The first-order valence-corrected chi connectivity index (χ1v) is 4.82. The van der Waals surface area contributed by atoms with Crippen molar-refractivity contribution in [3.05, 3.63) is 23.7 Å². The van der Waals surface area contributed by atoms with E-state index in [-0.39, 0.29) is 11.9 Å². The molecule has 0 radical (unpaired) electrons. The van der Waals surface area contributed by atoms with Gasteiger partial charge in [-0.05, 0) is 26.0 Å². The van der Waals surface area contributed by atoms with Gasteiger partial charge in [-0.2, -0.15) is 0 Å². The van der Waals surface area contributed by atoms with Crippen molar-refractivity contribution in [3.63, 3.8) is 0 Å². The minimum absolute atomic E-state index is 0.0458. The molecule has 1 aromatic rings. The Bertz CT molecular complexity index is 327. The van der Waals surface area contributed by atoms with Crippen LogP contribution < -0.4 is 10.6 Å². The van der Waals surface area contributed by atoms with Crippen LogP contribution >= 0.6 is 0 Å². The summed E-state index contributed by atoms with van der Waals surface area (Å²) in [7, 11) is 0. The summed E-state index contributed by atoms with van der Waals surface area (Å²) in [5, 5.41) is 6.14. The Balaban J connectivity index is 1.95. The van der Waals surface area contributed by atoms with Crippen molar-refractivity contribution in [3.8, 4) is 0 Å². The van der Waals surface area contributed by atoms with Crippen LogP contribution in [-0.2, 0) is 0 Å². The first-order chi connectivity index (χ1) is 6.75. The fraction of sp³-hybridized carbons (Fsp3) is 0.500. The van der Waals surface area contributed by atoms with Gasteiger partial charge >= 0.3 is 0 Å². The third-order valence-electron chi connectivity index (χ3n) is 2.39. The molecule has 1 amide bonds. The van der Waals surface area contributed by atoms with E-state index in [1.807, 2.05) is 6.92 Å². The third kappa shape index (κ3) is 1.96. The summed E-state index contributed by atoms with van der Waals surface area (Å²) in [5.41, 5.74) is 0.606. The Hall–Kier alpha value is -1.29. The zero-order valence-corrected chi connectivity index (χ0v) is 8.17. The smallest absolute Gasteiger partial charge is 0.254 e. The van der Waals surface area contributed by atoms with Crippen molar-refractivity contribution in [2.75, 3.05) is 13.1 Å². The monoisotopic (exact) mass is 194 g/mol. The van der Waals surface area contributed by atoms with Gasteiger partial charge < -0.3 is 15.1 Å². The average Bonchev–Trinajstić information content (AvgIpc) is 2.75. The van der Waals surface area contributed by atoms with Gasteiger partial charge in [0.05, 0.1) is 5.56 Å². The van der Waals surface area contributed by atoms with E-state index in [1.54, 1.807) is 6.07 Å². The number of carbonyl (C=O) groups excluding carboxylic acids is 1. The van der Waals surface area contributed by atoms with E-state index in [4.69, 9.17) is 4.42 Å². The van der Waals surface area contributed by atoms with E-state index in [1.165, 1.54) is 6.26 Å². The molecular formula is C10H14N2O2. The van der Waals surface area contributed by atoms with Gasteiger partial charge in [0.15, 0.2) is 0 Å². The molecule has 0 aromatic carbocycles. The topological polar surface area (TPSA) is 54.3 Å². The van der Waals surface area contributed by atoms with E-state index in [9.17, 15) is 4.79 Å². The first kappa shape index (κ1) is 9.27. The number of aryl methyl sites for hydroxylation is 1. The van der Waals surface area contributed by atoms with Gasteiger partial charge in [-0.3, -0.25) is 4.79 Å². The molecular weight excluding hydrogens is 180 g/mol. The summed E-state index contributed by atoms with van der Waals surface area (Å²) in [6, 6.07) is 2.01. The number of carbonyl (C=O) groups is 1. The summed E-state index contributed by atoms with van der Waals surface area (Å²) in [6.07, 6.45) is 2.50. The molecule has 0 unspecified atom stereocenters. The van der Waals surface area contributed by atoms with E-state index in [2.05, 4.69) is 10.6 Å². The molecule has 1 aliphatic rings. The van der Waals surface area contributed by atoms with Gasteiger partial charge in [-0.25, -0.2) is 0 Å². The highest BCUT2D eigenvalue weighted by Gasteiger charge is 2.18. The zero-order chi connectivity index (χ0) is 9.97. The molecule has 4 nitrogen and oxygen atoms in total. The van der Waals surface area contributed by atoms with Crippen LogP contribution in [0.15, 0.2) is 16.7 Å². The number of hydrogen-bond acceptors (Lipinski definition) is 3. The lowest BCUT2D eigenvalue weighted by molar-refractivity contribution is 0.0939. The maximum Gasteiger partial charge on any atom is 0.254 e. The molecule has 2 rings (SSSR count). The number of nitrogens with one attached hydrogen (secondary N) is 2. The van der Waals surface area contributed by atoms with E-state index in [0.29, 0.717) is 5.56 Å². The maximum absolute atomic E-state index is 11.6. The van der Waals surface area contributed by atoms with Crippen molar-refractivity contribution in [2.45, 2.75) is 19.4 Å². The minimum atomic E-state index is -0.0458. The molecule has 0 spiro atoms. The van der Waals surface area contributed by atoms with Crippen molar-refractivity contribution >= 4 is 5.91 Å². The van der Waals surface area contributed by atoms with Crippen LogP contribution in [0.2, 0.25) is 0 Å². The average molecular weight is 194 g/mol. The second-order valence-electron chi connectivity index (χ2n) is 3.61. The third-order valence-corrected chi connectivity index (χ3v) is 2.39. The Morgan fingerprint density at radius 2 is 2.57 bits per heavy atom. The Morgan fingerprint density at radius 1 is 1.71 bits per heavy atom. The molecule has 1 atom stereocenters. The van der Waals surface area contributed by atoms with E-state index in [0.717, 1.165) is 25.3 Å². The van der Waals surface area contributed by atoms with Crippen molar-refractivity contribution in [1.29, 1.82) is 0 Å². The molecule has 0 saturated carbocycles. The molecule has 2 N–H and O–H groups in total. The Labute approximate surface area is 82.7 Å². The number of amides is 1. The lowest BCUT2D eigenvalue weighted by atomic mass is 10.2. The van der Waals surface area contributed by atoms with Gasteiger partial charge in [0.2, 0.25) is 0 Å². The largest absolute Gasteiger partial charge is 0.469 e. The highest BCUT2D eigenvalue weighted by atomic mass is 16.3. The van der Waals surface area contributed by atoms with Crippen LogP contribution in [0.25, 0.3) is 0 Å². The highest BCUT2D eigenvalue weighted by Crippen LogP contribution is 2.07. The van der Waals surface area contributed by atoms with Crippen molar-refractivity contribution in [2.24, 2.45) is 0 Å². The second kappa shape index (κ2) is 3.84. The zero-order valence-electron chi connectivity index (χ0n) is 8.17. The molecule has 1 saturated heterocycles. The van der Waals surface area contributed by atoms with Gasteiger partial charge in [-0.15, -0.1) is 0 Å². The highest BCUT2D eigenvalue weighted by molar-refractivity contribution is 5.94. The Morgan fingerprint density at radius 3 is 3.14 bits per heavy atom. The van der Waals surface area contributed by atoms with Crippen LogP contribution in [0.5, 0.6) is 0 Å². The molecule has 4 heteroatoms. The minimum Gasteiger partial charge on any atom is -0.469 e. The molecule has 1 fully saturated rings. The maximum atomic E-state index is 11.6. The summed E-state index contributed by atoms with van der Waals surface area (Å²) < 4.78 is 5.07. The summed E-state index contributed by atoms with van der Waals surface area (Å²) in [4.78, 5) is 11.6. The van der Waals surface area contributed by atoms with Crippen LogP contribution in [0.3, 0.4) is 0 Å². The Kier molecular flexibility index (Phi) is 2.54. The summed E-state index contributed by atoms with van der Waals surface area (Å²) in [5.74, 6) is 0.718. The van der Waals surface area contributed by atoms with Crippen LogP contribution in [0, 0.1) is 6.92 Å². The van der Waals surface area contributed by atoms with Crippen LogP contribution in [0.1, 0.15) is 22.5 Å². The predicted molar refractivity (Wildman–Crippen MR) is 52.2 cm³/mol. The van der Waals surface area contributed by atoms with Crippen molar-refractivity contribution < 1.29 is 9.21 Å². The molecule has 1 aromatic heterocycles. The van der Waals surface area contributed by atoms with E-state index >= 15 is 0 Å². The molecule has 76 valence electrons. The van der Waals surface area contributed by atoms with Crippen LogP contribution in [0.4, 0.5) is 0 Å². The number of furan rings is 1. The summed E-state index contributed by atoms with van der Waals surface area (Å²) in [6.45, 7) is 3.67. The second-order valence-corrected chi connectivity index (χ2v) is 3.61. The van der Waals surface area contributed by atoms with Crippen LogP contribution in [-0.4, -0.2) is 25.0 Å². The molecule has 14 heavy (non-hydrogen) atoms.